The molecule has 1 amide bonds. The van der Waals surface area contributed by atoms with E-state index in [1.807, 2.05) is 0 Å². The van der Waals surface area contributed by atoms with Crippen LogP contribution in [-0.4, -0.2) is 25.9 Å². The van der Waals surface area contributed by atoms with Gasteiger partial charge in [0.1, 0.15) is 5.69 Å². The van der Waals surface area contributed by atoms with E-state index in [-0.39, 0.29) is 10.8 Å². The number of hydrogen-bond acceptors (Lipinski definition) is 4. The maximum Gasteiger partial charge on any atom is 0.274 e. The van der Waals surface area contributed by atoms with Gasteiger partial charge in [-0.2, -0.15) is 0 Å². The summed E-state index contributed by atoms with van der Waals surface area (Å²) in [7, 11) is -3.49. The van der Waals surface area contributed by atoms with Crippen molar-refractivity contribution in [1.29, 1.82) is 0 Å². The van der Waals surface area contributed by atoms with Crippen molar-refractivity contribution in [3.05, 3.63) is 54.4 Å². The van der Waals surface area contributed by atoms with Gasteiger partial charge in [0.2, 0.25) is 10.0 Å². The molecule has 0 unspecified atom stereocenters. The van der Waals surface area contributed by atoms with Crippen molar-refractivity contribution in [2.24, 2.45) is 5.92 Å². The molecule has 2 N–H and O–H groups in total. The van der Waals surface area contributed by atoms with Gasteiger partial charge < -0.3 is 5.32 Å². The van der Waals surface area contributed by atoms with Crippen molar-refractivity contribution in [2.75, 3.05) is 11.9 Å². The van der Waals surface area contributed by atoms with Gasteiger partial charge in [0, 0.05) is 18.4 Å². The van der Waals surface area contributed by atoms with Gasteiger partial charge in [-0.3, -0.25) is 9.78 Å². The van der Waals surface area contributed by atoms with Crippen LogP contribution in [0.3, 0.4) is 0 Å². The number of carbonyl (C=O) groups is 1. The number of rotatable bonds is 6. The number of carbonyl (C=O) groups excluding carboxylic acids is 1. The number of hydrogen-bond donors (Lipinski definition) is 2. The first-order valence-electron chi connectivity index (χ1n) is 7.37. The fourth-order valence-corrected chi connectivity index (χ4v) is 3.16. The second-order valence-corrected chi connectivity index (χ2v) is 7.26. The van der Waals surface area contributed by atoms with Gasteiger partial charge >= 0.3 is 0 Å². The Morgan fingerprint density at radius 2 is 1.87 bits per heavy atom. The van der Waals surface area contributed by atoms with Gasteiger partial charge in [-0.05, 0) is 55.2 Å². The predicted molar refractivity (Wildman–Crippen MR) is 86.5 cm³/mol. The smallest absolute Gasteiger partial charge is 0.274 e. The summed E-state index contributed by atoms with van der Waals surface area (Å²) in [6.07, 6.45) is 3.71. The molecule has 1 aromatic carbocycles. The van der Waals surface area contributed by atoms with Crippen molar-refractivity contribution in [2.45, 2.75) is 17.7 Å². The summed E-state index contributed by atoms with van der Waals surface area (Å²) < 4.78 is 26.8. The van der Waals surface area contributed by atoms with E-state index in [0.29, 0.717) is 23.8 Å². The predicted octanol–water partition coefficient (Wildman–Crippen LogP) is 2.02. The van der Waals surface area contributed by atoms with E-state index >= 15 is 0 Å². The molecule has 0 radical (unpaired) electrons. The Morgan fingerprint density at radius 3 is 2.48 bits per heavy atom. The van der Waals surface area contributed by atoms with E-state index in [4.69, 9.17) is 0 Å². The second kappa shape index (κ2) is 6.47. The largest absolute Gasteiger partial charge is 0.321 e. The molecule has 3 rings (SSSR count). The van der Waals surface area contributed by atoms with Crippen LogP contribution < -0.4 is 10.0 Å². The van der Waals surface area contributed by atoms with Crippen LogP contribution in [0.4, 0.5) is 5.69 Å². The number of benzene rings is 1. The zero-order valence-electron chi connectivity index (χ0n) is 12.4. The Labute approximate surface area is 135 Å². The number of anilines is 1. The van der Waals surface area contributed by atoms with Gasteiger partial charge in [0.15, 0.2) is 0 Å². The summed E-state index contributed by atoms with van der Waals surface area (Å²) in [5, 5.41) is 2.68. The molecule has 120 valence electrons. The lowest BCUT2D eigenvalue weighted by Crippen LogP contribution is -2.25. The van der Waals surface area contributed by atoms with E-state index in [1.165, 1.54) is 18.3 Å². The number of nitrogens with one attached hydrogen (secondary N) is 2. The fourth-order valence-electron chi connectivity index (χ4n) is 2.04. The van der Waals surface area contributed by atoms with E-state index < -0.39 is 10.0 Å². The van der Waals surface area contributed by atoms with Crippen LogP contribution in [0, 0.1) is 5.92 Å². The van der Waals surface area contributed by atoms with Crippen LogP contribution in [-0.2, 0) is 10.0 Å². The summed E-state index contributed by atoms with van der Waals surface area (Å²) in [5.41, 5.74) is 0.817. The van der Waals surface area contributed by atoms with E-state index in [2.05, 4.69) is 15.0 Å². The molecule has 1 fully saturated rings. The Bertz CT molecular complexity index is 785. The number of pyridine rings is 1. The van der Waals surface area contributed by atoms with Gasteiger partial charge in [0.05, 0.1) is 4.90 Å². The van der Waals surface area contributed by atoms with E-state index in [1.54, 1.807) is 30.3 Å². The van der Waals surface area contributed by atoms with Gasteiger partial charge in [-0.25, -0.2) is 13.1 Å². The molecule has 0 spiro atoms. The zero-order valence-corrected chi connectivity index (χ0v) is 13.2. The average molecular weight is 331 g/mol. The minimum atomic E-state index is -3.49. The van der Waals surface area contributed by atoms with Crippen molar-refractivity contribution in [3.63, 3.8) is 0 Å². The molecule has 0 atom stereocenters. The number of amides is 1. The van der Waals surface area contributed by atoms with Crippen LogP contribution in [0.1, 0.15) is 23.3 Å². The Hall–Kier alpha value is -2.25. The normalized spacial score (nSPS) is 14.4. The van der Waals surface area contributed by atoms with Crippen molar-refractivity contribution in [3.8, 4) is 0 Å². The van der Waals surface area contributed by atoms with Gasteiger partial charge in [-0.1, -0.05) is 6.07 Å². The van der Waals surface area contributed by atoms with Crippen LogP contribution in [0.5, 0.6) is 0 Å². The quantitative estimate of drug-likeness (QED) is 0.847. The third-order valence-electron chi connectivity index (χ3n) is 3.58. The third kappa shape index (κ3) is 4.14. The molecule has 0 saturated heterocycles. The minimum Gasteiger partial charge on any atom is -0.321 e. The maximum atomic E-state index is 12.1. The molecular formula is C16H17N3O3S. The number of nitrogens with zero attached hydrogens (tertiary/aromatic N) is 1. The lowest BCUT2D eigenvalue weighted by molar-refractivity contribution is 0.102. The summed E-state index contributed by atoms with van der Waals surface area (Å²) in [6.45, 7) is 0.487. The Morgan fingerprint density at radius 1 is 1.13 bits per heavy atom. The van der Waals surface area contributed by atoms with Crippen molar-refractivity contribution < 1.29 is 13.2 Å². The molecule has 0 aliphatic heterocycles. The van der Waals surface area contributed by atoms with Crippen molar-refractivity contribution >= 4 is 21.6 Å². The minimum absolute atomic E-state index is 0.189. The number of sulfonamides is 1. The number of aromatic nitrogens is 1. The molecule has 1 aliphatic carbocycles. The SMILES string of the molecule is O=C(Nc1ccc(S(=O)(=O)NCC2CC2)cc1)c1ccccn1. The Kier molecular flexibility index (Phi) is 4.40. The lowest BCUT2D eigenvalue weighted by Gasteiger charge is -2.08. The molecular weight excluding hydrogens is 314 g/mol. The van der Waals surface area contributed by atoms with Crippen molar-refractivity contribution in [1.82, 2.24) is 9.71 Å². The third-order valence-corrected chi connectivity index (χ3v) is 5.02. The first kappa shape index (κ1) is 15.6. The summed E-state index contributed by atoms with van der Waals surface area (Å²) in [4.78, 5) is 16.1. The summed E-state index contributed by atoms with van der Waals surface area (Å²) in [6, 6.07) is 11.1. The van der Waals surface area contributed by atoms with Crippen LogP contribution in [0.2, 0.25) is 0 Å². The van der Waals surface area contributed by atoms with Crippen LogP contribution >= 0.6 is 0 Å². The molecule has 2 aromatic rings. The van der Waals surface area contributed by atoms with Gasteiger partial charge in [0.25, 0.3) is 5.91 Å². The van der Waals surface area contributed by atoms with E-state index in [0.717, 1.165) is 12.8 Å². The highest BCUT2D eigenvalue weighted by Crippen LogP contribution is 2.28. The highest BCUT2D eigenvalue weighted by Gasteiger charge is 2.24. The van der Waals surface area contributed by atoms with Crippen LogP contribution in [0.15, 0.2) is 53.6 Å². The summed E-state index contributed by atoms with van der Waals surface area (Å²) >= 11 is 0. The molecule has 1 heterocycles. The van der Waals surface area contributed by atoms with E-state index in [9.17, 15) is 13.2 Å². The highest BCUT2D eigenvalue weighted by molar-refractivity contribution is 7.89. The van der Waals surface area contributed by atoms with Gasteiger partial charge in [-0.15, -0.1) is 0 Å². The molecule has 7 heteroatoms. The molecule has 23 heavy (non-hydrogen) atoms. The standard InChI is InChI=1S/C16H17N3O3S/c20-16(15-3-1-2-10-17-15)19-13-6-8-14(9-7-13)23(21,22)18-11-12-4-5-12/h1-3,6-10,12,18H,4-5,11H2,(H,19,20). The molecule has 1 saturated carbocycles. The molecule has 0 bridgehead atoms. The first-order chi connectivity index (χ1) is 11.0. The van der Waals surface area contributed by atoms with Crippen LogP contribution in [0.25, 0.3) is 0 Å². The molecule has 6 nitrogen and oxygen atoms in total. The monoisotopic (exact) mass is 331 g/mol. The maximum absolute atomic E-state index is 12.1. The fraction of sp³-hybridized carbons (Fsp3) is 0.250. The topological polar surface area (TPSA) is 88.2 Å². The molecule has 1 aliphatic rings. The summed E-state index contributed by atoms with van der Waals surface area (Å²) in [5.74, 6) is 0.134. The average Bonchev–Trinajstić information content (AvgIpc) is 3.39. The first-order valence-corrected chi connectivity index (χ1v) is 8.85. The lowest BCUT2D eigenvalue weighted by atomic mass is 10.3. The molecule has 1 aromatic heterocycles. The second-order valence-electron chi connectivity index (χ2n) is 5.49. The zero-order chi connectivity index (χ0) is 16.3. The Balaban J connectivity index is 1.65. The highest BCUT2D eigenvalue weighted by atomic mass is 32.2.